The van der Waals surface area contributed by atoms with Crippen LogP contribution in [0.1, 0.15) is 41.1 Å². The van der Waals surface area contributed by atoms with E-state index in [1.54, 1.807) is 37.6 Å². The Morgan fingerprint density at radius 2 is 1.85 bits per heavy atom. The molecule has 1 aliphatic heterocycles. The van der Waals surface area contributed by atoms with Crippen molar-refractivity contribution in [2.24, 2.45) is 0 Å². The molecular weight excluding hydrogens is 513 g/mol. The number of halogens is 1. The second kappa shape index (κ2) is 11.2. The minimum atomic E-state index is -0.294. The molecule has 0 spiro atoms. The van der Waals surface area contributed by atoms with Crippen molar-refractivity contribution in [2.45, 2.75) is 32.4 Å². The first-order chi connectivity index (χ1) is 18.9. The predicted molar refractivity (Wildman–Crippen MR) is 154 cm³/mol. The van der Waals surface area contributed by atoms with Crippen LogP contribution in [0.3, 0.4) is 0 Å². The van der Waals surface area contributed by atoms with Gasteiger partial charge in [0.25, 0.3) is 0 Å². The lowest BCUT2D eigenvalue weighted by atomic mass is 9.96. The first-order valence-corrected chi connectivity index (χ1v) is 13.1. The average molecular weight is 544 g/mol. The molecule has 9 heteroatoms. The van der Waals surface area contributed by atoms with E-state index < -0.39 is 0 Å². The van der Waals surface area contributed by atoms with Crippen molar-refractivity contribution >= 4 is 28.9 Å². The van der Waals surface area contributed by atoms with Crippen molar-refractivity contribution in [2.75, 3.05) is 19.0 Å². The maximum Gasteiger partial charge on any atom is 0.226 e. The Hall–Kier alpha value is -4.24. The predicted octanol–water partition coefficient (Wildman–Crippen LogP) is 5.64. The molecule has 5 rings (SSSR count). The molecule has 2 aromatic carbocycles. The van der Waals surface area contributed by atoms with Crippen molar-refractivity contribution < 1.29 is 13.9 Å². The Morgan fingerprint density at radius 1 is 1.10 bits per heavy atom. The van der Waals surface area contributed by atoms with Crippen LogP contribution in [0.4, 0.5) is 10.1 Å². The molecule has 200 valence electrons. The molecule has 0 bridgehead atoms. The van der Waals surface area contributed by atoms with Gasteiger partial charge in [-0.05, 0) is 74.1 Å². The summed E-state index contributed by atoms with van der Waals surface area (Å²) in [5.74, 6) is 0.147. The number of methoxy groups -OCH3 is 1. The minimum absolute atomic E-state index is 0.154. The molecule has 39 heavy (non-hydrogen) atoms. The van der Waals surface area contributed by atoms with Crippen LogP contribution in [0.2, 0.25) is 0 Å². The van der Waals surface area contributed by atoms with Crippen LogP contribution in [0.25, 0.3) is 5.69 Å². The number of benzene rings is 2. The van der Waals surface area contributed by atoms with Crippen molar-refractivity contribution in [3.8, 4) is 11.4 Å². The molecule has 2 N–H and O–H groups in total. The maximum atomic E-state index is 14.8. The van der Waals surface area contributed by atoms with Gasteiger partial charge in [-0.1, -0.05) is 30.3 Å². The monoisotopic (exact) mass is 543 g/mol. The Balaban J connectivity index is 1.47. The number of nitrogens with one attached hydrogen (secondary N) is 2. The van der Waals surface area contributed by atoms with Crippen molar-refractivity contribution in [1.29, 1.82) is 0 Å². The highest BCUT2D eigenvalue weighted by Crippen LogP contribution is 2.41. The Kier molecular flexibility index (Phi) is 7.60. The van der Waals surface area contributed by atoms with Gasteiger partial charge in [0.2, 0.25) is 5.91 Å². The molecule has 2 atom stereocenters. The zero-order valence-corrected chi connectivity index (χ0v) is 22.8. The summed E-state index contributed by atoms with van der Waals surface area (Å²) >= 11 is 5.78. The van der Waals surface area contributed by atoms with E-state index in [2.05, 4.69) is 21.7 Å². The number of para-hydroxylation sites is 3. The standard InChI is InChI=1S/C30H30FN5O2S/c1-19-18-21(20(2)36(19)25-13-6-4-10-22(25)31)29-28(24-12-8-9-16-32-24)34-30(39)35(29)17-15-27(37)33-23-11-5-7-14-26(23)38-3/h4-14,16,18,28-29H,15,17H2,1-3H3,(H,33,37)(H,34,39)/t28-,29-/m0/s1. The van der Waals surface area contributed by atoms with Gasteiger partial charge in [-0.2, -0.15) is 0 Å². The maximum absolute atomic E-state index is 14.8. The smallest absolute Gasteiger partial charge is 0.226 e. The van der Waals surface area contributed by atoms with Gasteiger partial charge in [-0.25, -0.2) is 4.39 Å². The van der Waals surface area contributed by atoms with Crippen LogP contribution in [-0.4, -0.2) is 39.1 Å². The van der Waals surface area contributed by atoms with Crippen LogP contribution in [0.5, 0.6) is 5.75 Å². The number of carbonyl (C=O) groups excluding carboxylic acids is 1. The van der Waals surface area contributed by atoms with E-state index in [4.69, 9.17) is 17.0 Å². The normalized spacial score (nSPS) is 16.7. The molecule has 1 fully saturated rings. The summed E-state index contributed by atoms with van der Waals surface area (Å²) in [6.45, 7) is 4.33. The summed E-state index contributed by atoms with van der Waals surface area (Å²) in [5.41, 5.74) is 4.73. The molecule has 1 saturated heterocycles. The highest BCUT2D eigenvalue weighted by atomic mass is 32.1. The minimum Gasteiger partial charge on any atom is -0.495 e. The third kappa shape index (κ3) is 5.22. The van der Waals surface area contributed by atoms with Gasteiger partial charge in [-0.3, -0.25) is 9.78 Å². The Labute approximate surface area is 232 Å². The molecule has 0 aliphatic carbocycles. The third-order valence-corrected chi connectivity index (χ3v) is 7.39. The van der Waals surface area contributed by atoms with E-state index in [0.29, 0.717) is 28.8 Å². The number of anilines is 1. The number of rotatable bonds is 8. The molecule has 4 aromatic rings. The number of ether oxygens (including phenoxy) is 1. The second-order valence-corrected chi connectivity index (χ2v) is 9.82. The number of thiocarbonyl (C=S) groups is 1. The summed E-state index contributed by atoms with van der Waals surface area (Å²) < 4.78 is 22.1. The lowest BCUT2D eigenvalue weighted by Crippen LogP contribution is -2.33. The van der Waals surface area contributed by atoms with E-state index in [9.17, 15) is 9.18 Å². The SMILES string of the molecule is COc1ccccc1NC(=O)CCN1C(=S)N[C@@H](c2ccccn2)[C@@H]1c1cc(C)n(-c2ccccc2F)c1C. The number of amides is 1. The van der Waals surface area contributed by atoms with Crippen LogP contribution < -0.4 is 15.4 Å². The number of carbonyl (C=O) groups is 1. The topological polar surface area (TPSA) is 71.4 Å². The fraction of sp³-hybridized carbons (Fsp3) is 0.233. The fourth-order valence-electron chi connectivity index (χ4n) is 5.26. The highest BCUT2D eigenvalue weighted by molar-refractivity contribution is 7.80. The van der Waals surface area contributed by atoms with Crippen LogP contribution in [0, 0.1) is 19.7 Å². The molecule has 1 aliphatic rings. The van der Waals surface area contributed by atoms with E-state index in [0.717, 1.165) is 22.6 Å². The number of nitrogens with zero attached hydrogens (tertiary/aromatic N) is 3. The Morgan fingerprint density at radius 3 is 2.59 bits per heavy atom. The lowest BCUT2D eigenvalue weighted by Gasteiger charge is -2.28. The average Bonchev–Trinajstić information content (AvgIpc) is 3.42. The first-order valence-electron chi connectivity index (χ1n) is 12.7. The van der Waals surface area contributed by atoms with Crippen LogP contribution in [0.15, 0.2) is 79.0 Å². The second-order valence-electron chi connectivity index (χ2n) is 9.43. The summed E-state index contributed by atoms with van der Waals surface area (Å²) in [4.78, 5) is 19.6. The van der Waals surface area contributed by atoms with E-state index in [-0.39, 0.29) is 30.2 Å². The fourth-order valence-corrected chi connectivity index (χ4v) is 5.59. The number of aryl methyl sites for hydroxylation is 1. The van der Waals surface area contributed by atoms with Crippen LogP contribution >= 0.6 is 12.2 Å². The summed E-state index contributed by atoms with van der Waals surface area (Å²) in [7, 11) is 1.57. The zero-order valence-electron chi connectivity index (χ0n) is 22.0. The zero-order chi connectivity index (χ0) is 27.5. The quantitative estimate of drug-likeness (QED) is 0.281. The molecule has 0 unspecified atom stereocenters. The summed E-state index contributed by atoms with van der Waals surface area (Å²) in [6.07, 6.45) is 1.96. The summed E-state index contributed by atoms with van der Waals surface area (Å²) in [6, 6.07) is 21.4. The van der Waals surface area contributed by atoms with Crippen molar-refractivity contribution in [3.63, 3.8) is 0 Å². The van der Waals surface area contributed by atoms with Crippen LogP contribution in [-0.2, 0) is 4.79 Å². The van der Waals surface area contributed by atoms with Crippen molar-refractivity contribution in [1.82, 2.24) is 19.8 Å². The molecular formula is C30H30FN5O2S. The lowest BCUT2D eigenvalue weighted by molar-refractivity contribution is -0.116. The van der Waals surface area contributed by atoms with Gasteiger partial charge >= 0.3 is 0 Å². The summed E-state index contributed by atoms with van der Waals surface area (Å²) in [5, 5.41) is 6.90. The molecule has 3 heterocycles. The third-order valence-electron chi connectivity index (χ3n) is 7.04. The number of hydrogen-bond acceptors (Lipinski definition) is 4. The first kappa shape index (κ1) is 26.4. The number of aromatic nitrogens is 2. The van der Waals surface area contributed by atoms with Gasteiger partial charge in [0.15, 0.2) is 5.11 Å². The van der Waals surface area contributed by atoms with Gasteiger partial charge in [-0.15, -0.1) is 0 Å². The van der Waals surface area contributed by atoms with Gasteiger partial charge in [0.05, 0.1) is 36.3 Å². The molecule has 0 radical (unpaired) electrons. The van der Waals surface area contributed by atoms with Gasteiger partial charge < -0.3 is 24.8 Å². The van der Waals surface area contributed by atoms with E-state index in [1.165, 1.54) is 6.07 Å². The van der Waals surface area contributed by atoms with Gasteiger partial charge in [0.1, 0.15) is 11.6 Å². The van der Waals surface area contributed by atoms with Crippen molar-refractivity contribution in [3.05, 3.63) is 107 Å². The van der Waals surface area contributed by atoms with E-state index in [1.807, 2.05) is 59.7 Å². The number of pyridine rings is 1. The number of hydrogen-bond donors (Lipinski definition) is 2. The largest absolute Gasteiger partial charge is 0.495 e. The highest BCUT2D eigenvalue weighted by Gasteiger charge is 2.41. The molecule has 1 amide bonds. The van der Waals surface area contributed by atoms with E-state index >= 15 is 0 Å². The molecule has 0 saturated carbocycles. The molecule has 2 aromatic heterocycles. The molecule has 7 nitrogen and oxygen atoms in total. The Bertz CT molecular complexity index is 1510. The van der Waals surface area contributed by atoms with Gasteiger partial charge in [0, 0.05) is 30.6 Å².